The molecule has 0 aliphatic carbocycles. The Morgan fingerprint density at radius 3 is 2.96 bits per heavy atom. The van der Waals surface area contributed by atoms with Crippen molar-refractivity contribution in [2.45, 2.75) is 20.0 Å². The van der Waals surface area contributed by atoms with Crippen LogP contribution in [0, 0.1) is 0 Å². The third kappa shape index (κ3) is 6.89. The first-order valence-electron chi connectivity index (χ1n) is 8.81. The number of amides is 3. The van der Waals surface area contributed by atoms with E-state index >= 15 is 0 Å². The lowest BCUT2D eigenvalue weighted by Crippen LogP contribution is -2.49. The summed E-state index contributed by atoms with van der Waals surface area (Å²) >= 11 is 0. The zero-order chi connectivity index (χ0) is 18.8. The van der Waals surface area contributed by atoms with Crippen molar-refractivity contribution >= 4 is 17.6 Å². The standard InChI is InChI=1S/C18H27N3O5/c1-3-24-9-10-26-16-6-4-5-15(11-16)20-18(23)19-12-17-13-21(14(2)22)7-8-25-17/h4-6,11,17H,3,7-10,12-13H2,1-2H3,(H2,19,20,23)/t17-/m0/s1. The summed E-state index contributed by atoms with van der Waals surface area (Å²) in [6, 6.07) is 6.82. The highest BCUT2D eigenvalue weighted by molar-refractivity contribution is 5.89. The number of nitrogens with one attached hydrogen (secondary N) is 2. The maximum atomic E-state index is 12.1. The van der Waals surface area contributed by atoms with Gasteiger partial charge in [0.1, 0.15) is 12.4 Å². The van der Waals surface area contributed by atoms with Crippen molar-refractivity contribution in [1.82, 2.24) is 10.2 Å². The van der Waals surface area contributed by atoms with Crippen molar-refractivity contribution in [3.63, 3.8) is 0 Å². The molecule has 2 rings (SSSR count). The predicted octanol–water partition coefficient (Wildman–Crippen LogP) is 1.47. The first-order chi connectivity index (χ1) is 12.6. The SMILES string of the molecule is CCOCCOc1cccc(NC(=O)NC[C@H]2CN(C(C)=O)CCO2)c1. The van der Waals surface area contributed by atoms with Gasteiger partial charge in [-0.25, -0.2) is 4.79 Å². The number of carbonyl (C=O) groups excluding carboxylic acids is 2. The Bertz CT molecular complexity index is 596. The van der Waals surface area contributed by atoms with Gasteiger partial charge in [-0.15, -0.1) is 0 Å². The van der Waals surface area contributed by atoms with Crippen LogP contribution in [-0.4, -0.2) is 69.0 Å². The van der Waals surface area contributed by atoms with Crippen LogP contribution >= 0.6 is 0 Å². The van der Waals surface area contributed by atoms with E-state index in [0.717, 1.165) is 0 Å². The van der Waals surface area contributed by atoms with E-state index < -0.39 is 0 Å². The van der Waals surface area contributed by atoms with E-state index in [0.29, 0.717) is 57.5 Å². The van der Waals surface area contributed by atoms with E-state index in [9.17, 15) is 9.59 Å². The van der Waals surface area contributed by atoms with Crippen LogP contribution < -0.4 is 15.4 Å². The smallest absolute Gasteiger partial charge is 0.319 e. The molecule has 0 saturated carbocycles. The minimum absolute atomic E-state index is 0.0175. The summed E-state index contributed by atoms with van der Waals surface area (Å²) in [5.74, 6) is 0.680. The zero-order valence-electron chi connectivity index (χ0n) is 15.3. The third-order valence-corrected chi connectivity index (χ3v) is 3.87. The quantitative estimate of drug-likeness (QED) is 0.681. The van der Waals surface area contributed by atoms with Crippen molar-refractivity contribution < 1.29 is 23.8 Å². The zero-order valence-corrected chi connectivity index (χ0v) is 15.3. The summed E-state index contributed by atoms with van der Waals surface area (Å²) in [4.78, 5) is 25.2. The van der Waals surface area contributed by atoms with Crippen molar-refractivity contribution in [2.75, 3.05) is 51.4 Å². The molecule has 1 heterocycles. The van der Waals surface area contributed by atoms with Crippen molar-refractivity contribution in [3.05, 3.63) is 24.3 Å². The molecule has 1 saturated heterocycles. The molecule has 3 amide bonds. The van der Waals surface area contributed by atoms with Crippen LogP contribution in [0.5, 0.6) is 5.75 Å². The van der Waals surface area contributed by atoms with Gasteiger partial charge in [-0.3, -0.25) is 4.79 Å². The lowest BCUT2D eigenvalue weighted by Gasteiger charge is -2.32. The maximum absolute atomic E-state index is 12.1. The molecule has 1 fully saturated rings. The monoisotopic (exact) mass is 365 g/mol. The molecule has 0 spiro atoms. The average molecular weight is 365 g/mol. The lowest BCUT2D eigenvalue weighted by molar-refractivity contribution is -0.136. The van der Waals surface area contributed by atoms with Gasteiger partial charge in [0, 0.05) is 44.9 Å². The number of urea groups is 1. The van der Waals surface area contributed by atoms with Gasteiger partial charge in [0.15, 0.2) is 0 Å². The minimum Gasteiger partial charge on any atom is -0.491 e. The number of anilines is 1. The Labute approximate surface area is 153 Å². The molecule has 1 atom stereocenters. The molecule has 0 bridgehead atoms. The van der Waals surface area contributed by atoms with Crippen LogP contribution in [-0.2, 0) is 14.3 Å². The first-order valence-corrected chi connectivity index (χ1v) is 8.81. The fourth-order valence-corrected chi connectivity index (χ4v) is 2.54. The van der Waals surface area contributed by atoms with Gasteiger partial charge in [0.05, 0.1) is 19.3 Å². The highest BCUT2D eigenvalue weighted by atomic mass is 16.5. The summed E-state index contributed by atoms with van der Waals surface area (Å²) < 4.78 is 16.4. The largest absolute Gasteiger partial charge is 0.491 e. The fourth-order valence-electron chi connectivity index (χ4n) is 2.54. The third-order valence-electron chi connectivity index (χ3n) is 3.87. The number of benzene rings is 1. The first kappa shape index (κ1) is 20.0. The number of hydrogen-bond donors (Lipinski definition) is 2. The second-order valence-electron chi connectivity index (χ2n) is 5.87. The molecule has 2 N–H and O–H groups in total. The topological polar surface area (TPSA) is 89.1 Å². The van der Waals surface area contributed by atoms with Gasteiger partial charge in [0.25, 0.3) is 0 Å². The van der Waals surface area contributed by atoms with Crippen molar-refractivity contribution in [2.24, 2.45) is 0 Å². The summed E-state index contributed by atoms with van der Waals surface area (Å²) in [7, 11) is 0. The molecule has 0 radical (unpaired) electrons. The number of morpholine rings is 1. The molecule has 1 aromatic rings. The van der Waals surface area contributed by atoms with Crippen LogP contribution in [0.15, 0.2) is 24.3 Å². The molecule has 26 heavy (non-hydrogen) atoms. The van der Waals surface area contributed by atoms with E-state index in [-0.39, 0.29) is 18.0 Å². The van der Waals surface area contributed by atoms with Crippen LogP contribution in [0.3, 0.4) is 0 Å². The maximum Gasteiger partial charge on any atom is 0.319 e. The molecule has 1 aliphatic heterocycles. The van der Waals surface area contributed by atoms with E-state index in [2.05, 4.69) is 10.6 Å². The Morgan fingerprint density at radius 1 is 1.35 bits per heavy atom. The van der Waals surface area contributed by atoms with Crippen molar-refractivity contribution in [1.29, 1.82) is 0 Å². The fraction of sp³-hybridized carbons (Fsp3) is 0.556. The second kappa shape index (κ2) is 10.6. The summed E-state index contributed by atoms with van der Waals surface area (Å²) in [5.41, 5.74) is 0.631. The van der Waals surface area contributed by atoms with E-state index in [4.69, 9.17) is 14.2 Å². The van der Waals surface area contributed by atoms with Crippen LogP contribution in [0.25, 0.3) is 0 Å². The molecular formula is C18H27N3O5. The molecule has 0 aromatic heterocycles. The highest BCUT2D eigenvalue weighted by Gasteiger charge is 2.22. The number of ether oxygens (including phenoxy) is 3. The van der Waals surface area contributed by atoms with Gasteiger partial charge in [-0.1, -0.05) is 6.07 Å². The Kier molecular flexibility index (Phi) is 8.17. The molecular weight excluding hydrogens is 338 g/mol. The summed E-state index contributed by atoms with van der Waals surface area (Å²) in [6.45, 7) is 6.98. The van der Waals surface area contributed by atoms with Crippen LogP contribution in [0.1, 0.15) is 13.8 Å². The number of carbonyl (C=O) groups is 2. The van der Waals surface area contributed by atoms with Crippen LogP contribution in [0.4, 0.5) is 10.5 Å². The summed E-state index contributed by atoms with van der Waals surface area (Å²) in [5, 5.41) is 5.53. The van der Waals surface area contributed by atoms with Gasteiger partial charge in [-0.05, 0) is 19.1 Å². The van der Waals surface area contributed by atoms with Gasteiger partial charge < -0.3 is 29.7 Å². The molecule has 1 aliphatic rings. The predicted molar refractivity (Wildman–Crippen MR) is 97.4 cm³/mol. The number of rotatable bonds is 8. The molecule has 1 aromatic carbocycles. The summed E-state index contributed by atoms with van der Waals surface area (Å²) in [6.07, 6.45) is -0.202. The highest BCUT2D eigenvalue weighted by Crippen LogP contribution is 2.17. The van der Waals surface area contributed by atoms with E-state index in [1.54, 1.807) is 23.1 Å². The van der Waals surface area contributed by atoms with Gasteiger partial charge in [0.2, 0.25) is 5.91 Å². The Balaban J connectivity index is 1.74. The molecule has 0 unspecified atom stereocenters. The Morgan fingerprint density at radius 2 is 2.19 bits per heavy atom. The normalized spacial score (nSPS) is 16.8. The molecule has 144 valence electrons. The van der Waals surface area contributed by atoms with Gasteiger partial charge in [-0.2, -0.15) is 0 Å². The lowest BCUT2D eigenvalue weighted by atomic mass is 10.2. The molecule has 8 heteroatoms. The number of nitrogens with zero attached hydrogens (tertiary/aromatic N) is 1. The van der Waals surface area contributed by atoms with Crippen LogP contribution in [0.2, 0.25) is 0 Å². The second-order valence-corrected chi connectivity index (χ2v) is 5.87. The number of hydrogen-bond acceptors (Lipinski definition) is 5. The minimum atomic E-state index is -0.333. The average Bonchev–Trinajstić information content (AvgIpc) is 2.64. The Hall–Kier alpha value is -2.32. The molecule has 8 nitrogen and oxygen atoms in total. The van der Waals surface area contributed by atoms with E-state index in [1.807, 2.05) is 13.0 Å². The van der Waals surface area contributed by atoms with Gasteiger partial charge >= 0.3 is 6.03 Å². The van der Waals surface area contributed by atoms with E-state index in [1.165, 1.54) is 6.92 Å². The van der Waals surface area contributed by atoms with Crippen molar-refractivity contribution in [3.8, 4) is 5.75 Å².